The van der Waals surface area contributed by atoms with Crippen molar-refractivity contribution in [3.05, 3.63) is 12.4 Å². The third kappa shape index (κ3) is 3.18. The molecule has 1 heterocycles. The van der Waals surface area contributed by atoms with Crippen molar-refractivity contribution < 1.29 is 9.53 Å². The number of anilines is 1. The van der Waals surface area contributed by atoms with Crippen molar-refractivity contribution in [1.82, 2.24) is 9.78 Å². The molecule has 1 amide bonds. The standard InChI is InChI=1S/C9H15N3O2/c1-3-9(13)11-8-6-10-12(7-8)4-5-14-2/h6-7H,3-5H2,1-2H3,(H,11,13). The highest BCUT2D eigenvalue weighted by Gasteiger charge is 2.01. The smallest absolute Gasteiger partial charge is 0.224 e. The molecule has 0 aliphatic heterocycles. The second kappa shape index (κ2) is 5.39. The minimum atomic E-state index is -0.00343. The number of nitrogens with zero attached hydrogens (tertiary/aromatic N) is 2. The first-order valence-corrected chi connectivity index (χ1v) is 4.57. The first-order chi connectivity index (χ1) is 6.76. The molecule has 14 heavy (non-hydrogen) atoms. The van der Waals surface area contributed by atoms with Gasteiger partial charge in [0, 0.05) is 19.7 Å². The Hall–Kier alpha value is -1.36. The first kappa shape index (κ1) is 10.7. The number of methoxy groups -OCH3 is 1. The number of nitrogens with one attached hydrogen (secondary N) is 1. The molecule has 1 aromatic heterocycles. The molecule has 0 aromatic carbocycles. The summed E-state index contributed by atoms with van der Waals surface area (Å²) in [7, 11) is 1.64. The van der Waals surface area contributed by atoms with Gasteiger partial charge in [-0.3, -0.25) is 9.48 Å². The zero-order valence-electron chi connectivity index (χ0n) is 8.49. The van der Waals surface area contributed by atoms with Crippen LogP contribution in [-0.4, -0.2) is 29.4 Å². The summed E-state index contributed by atoms with van der Waals surface area (Å²) in [6.45, 7) is 3.12. The summed E-state index contributed by atoms with van der Waals surface area (Å²) in [4.78, 5) is 11.0. The van der Waals surface area contributed by atoms with E-state index < -0.39 is 0 Å². The van der Waals surface area contributed by atoms with Crippen molar-refractivity contribution in [3.8, 4) is 0 Å². The molecule has 5 nitrogen and oxygen atoms in total. The maximum absolute atomic E-state index is 11.0. The van der Waals surface area contributed by atoms with Gasteiger partial charge in [-0.05, 0) is 0 Å². The summed E-state index contributed by atoms with van der Waals surface area (Å²) < 4.78 is 6.64. The summed E-state index contributed by atoms with van der Waals surface area (Å²) in [5, 5.41) is 6.79. The van der Waals surface area contributed by atoms with Crippen LogP contribution >= 0.6 is 0 Å². The van der Waals surface area contributed by atoms with E-state index in [0.717, 1.165) is 5.69 Å². The van der Waals surface area contributed by atoms with Crippen LogP contribution in [0.1, 0.15) is 13.3 Å². The minimum absolute atomic E-state index is 0.00343. The summed E-state index contributed by atoms with van der Waals surface area (Å²) in [5.41, 5.74) is 0.730. The summed E-state index contributed by atoms with van der Waals surface area (Å²) in [6, 6.07) is 0. The van der Waals surface area contributed by atoms with Crippen LogP contribution in [0.4, 0.5) is 5.69 Å². The maximum Gasteiger partial charge on any atom is 0.224 e. The number of aromatic nitrogens is 2. The van der Waals surface area contributed by atoms with E-state index in [9.17, 15) is 4.79 Å². The van der Waals surface area contributed by atoms with Crippen molar-refractivity contribution in [2.45, 2.75) is 19.9 Å². The lowest BCUT2D eigenvalue weighted by Gasteiger charge is -1.99. The van der Waals surface area contributed by atoms with Gasteiger partial charge in [-0.1, -0.05) is 6.92 Å². The summed E-state index contributed by atoms with van der Waals surface area (Å²) in [5.74, 6) is -0.00343. The number of hydrogen-bond donors (Lipinski definition) is 1. The van der Waals surface area contributed by atoms with Crippen molar-refractivity contribution >= 4 is 11.6 Å². The fourth-order valence-electron chi connectivity index (χ4n) is 0.985. The number of amides is 1. The number of hydrogen-bond acceptors (Lipinski definition) is 3. The van der Waals surface area contributed by atoms with Crippen LogP contribution in [0, 0.1) is 0 Å². The van der Waals surface area contributed by atoms with Crippen molar-refractivity contribution in [2.24, 2.45) is 0 Å². The number of carbonyl (C=O) groups excluding carboxylic acids is 1. The lowest BCUT2D eigenvalue weighted by molar-refractivity contribution is -0.115. The maximum atomic E-state index is 11.0. The van der Waals surface area contributed by atoms with Crippen LogP contribution in [-0.2, 0) is 16.1 Å². The van der Waals surface area contributed by atoms with Gasteiger partial charge in [-0.2, -0.15) is 5.10 Å². The molecule has 78 valence electrons. The molecular weight excluding hydrogens is 182 g/mol. The van der Waals surface area contributed by atoms with Gasteiger partial charge >= 0.3 is 0 Å². The Morgan fingerprint density at radius 3 is 3.14 bits per heavy atom. The average Bonchev–Trinajstić information content (AvgIpc) is 2.62. The molecule has 1 aromatic rings. The van der Waals surface area contributed by atoms with Gasteiger partial charge in [0.25, 0.3) is 0 Å². The largest absolute Gasteiger partial charge is 0.383 e. The Balaban J connectivity index is 2.46. The highest BCUT2D eigenvalue weighted by atomic mass is 16.5. The Morgan fingerprint density at radius 1 is 1.71 bits per heavy atom. The van der Waals surface area contributed by atoms with E-state index in [2.05, 4.69) is 10.4 Å². The Kier molecular flexibility index (Phi) is 4.12. The molecule has 0 atom stereocenters. The Bertz CT molecular complexity index is 296. The molecule has 0 fully saturated rings. The van der Waals surface area contributed by atoms with Crippen LogP contribution in [0.15, 0.2) is 12.4 Å². The lowest BCUT2D eigenvalue weighted by Crippen LogP contribution is -2.09. The number of rotatable bonds is 5. The van der Waals surface area contributed by atoms with Crippen LogP contribution in [0.2, 0.25) is 0 Å². The lowest BCUT2D eigenvalue weighted by atomic mass is 10.4. The third-order valence-electron chi connectivity index (χ3n) is 1.76. The predicted molar refractivity (Wildman–Crippen MR) is 53.0 cm³/mol. The van der Waals surface area contributed by atoms with E-state index in [0.29, 0.717) is 19.6 Å². The topological polar surface area (TPSA) is 56.2 Å². The SMILES string of the molecule is CCC(=O)Nc1cnn(CCOC)c1. The molecule has 0 aliphatic rings. The van der Waals surface area contributed by atoms with Crippen LogP contribution in [0.3, 0.4) is 0 Å². The highest BCUT2D eigenvalue weighted by Crippen LogP contribution is 2.04. The number of ether oxygens (including phenoxy) is 1. The molecule has 0 radical (unpaired) electrons. The second-order valence-corrected chi connectivity index (χ2v) is 2.89. The van der Waals surface area contributed by atoms with Crippen molar-refractivity contribution in [1.29, 1.82) is 0 Å². The first-order valence-electron chi connectivity index (χ1n) is 4.57. The molecule has 0 bridgehead atoms. The molecule has 0 aliphatic carbocycles. The molecule has 0 spiro atoms. The number of carbonyl (C=O) groups is 1. The van der Waals surface area contributed by atoms with Gasteiger partial charge in [-0.15, -0.1) is 0 Å². The predicted octanol–water partition coefficient (Wildman–Crippen LogP) is 0.878. The molecular formula is C9H15N3O2. The fraction of sp³-hybridized carbons (Fsp3) is 0.556. The molecule has 0 unspecified atom stereocenters. The van der Waals surface area contributed by atoms with Crippen LogP contribution in [0.5, 0.6) is 0 Å². The van der Waals surface area contributed by atoms with Crippen molar-refractivity contribution in [2.75, 3.05) is 19.0 Å². The normalized spacial score (nSPS) is 10.1. The van der Waals surface area contributed by atoms with Gasteiger partial charge in [0.1, 0.15) is 0 Å². The second-order valence-electron chi connectivity index (χ2n) is 2.89. The summed E-state index contributed by atoms with van der Waals surface area (Å²) in [6.07, 6.45) is 3.89. The Morgan fingerprint density at radius 2 is 2.50 bits per heavy atom. The zero-order chi connectivity index (χ0) is 10.4. The van der Waals surface area contributed by atoms with Gasteiger partial charge in [0.15, 0.2) is 0 Å². The summed E-state index contributed by atoms with van der Waals surface area (Å²) >= 11 is 0. The van der Waals surface area contributed by atoms with E-state index >= 15 is 0 Å². The van der Waals surface area contributed by atoms with Crippen LogP contribution < -0.4 is 5.32 Å². The molecule has 1 rings (SSSR count). The van der Waals surface area contributed by atoms with Gasteiger partial charge < -0.3 is 10.1 Å². The van der Waals surface area contributed by atoms with Crippen LogP contribution in [0.25, 0.3) is 0 Å². The minimum Gasteiger partial charge on any atom is -0.383 e. The molecule has 5 heteroatoms. The van der Waals surface area contributed by atoms with E-state index in [1.165, 1.54) is 0 Å². The fourth-order valence-corrected chi connectivity index (χ4v) is 0.985. The Labute approximate surface area is 83.1 Å². The average molecular weight is 197 g/mol. The van der Waals surface area contributed by atoms with E-state index in [4.69, 9.17) is 4.74 Å². The van der Waals surface area contributed by atoms with E-state index in [1.54, 1.807) is 24.2 Å². The molecule has 0 saturated heterocycles. The van der Waals surface area contributed by atoms with E-state index in [1.807, 2.05) is 6.92 Å². The van der Waals surface area contributed by atoms with Gasteiger partial charge in [0.05, 0.1) is 25.0 Å². The quantitative estimate of drug-likeness (QED) is 0.762. The van der Waals surface area contributed by atoms with E-state index in [-0.39, 0.29) is 5.91 Å². The van der Waals surface area contributed by atoms with Gasteiger partial charge in [-0.25, -0.2) is 0 Å². The van der Waals surface area contributed by atoms with Gasteiger partial charge in [0.2, 0.25) is 5.91 Å². The monoisotopic (exact) mass is 197 g/mol. The highest BCUT2D eigenvalue weighted by molar-refractivity contribution is 5.90. The molecule has 0 saturated carbocycles. The van der Waals surface area contributed by atoms with Crippen molar-refractivity contribution in [3.63, 3.8) is 0 Å². The molecule has 1 N–H and O–H groups in total. The third-order valence-corrected chi connectivity index (χ3v) is 1.76. The zero-order valence-corrected chi connectivity index (χ0v) is 8.49.